The number of fused-ring (bicyclic) bond motifs is 4. The summed E-state index contributed by atoms with van der Waals surface area (Å²) in [5.41, 5.74) is 15.9. The molecule has 0 radical (unpaired) electrons. The molecule has 7 aromatic carbocycles. The van der Waals surface area contributed by atoms with E-state index in [9.17, 15) is 0 Å². The van der Waals surface area contributed by atoms with Gasteiger partial charge < -0.3 is 4.57 Å². The van der Waals surface area contributed by atoms with Crippen molar-refractivity contribution in [2.45, 2.75) is 13.0 Å². The highest BCUT2D eigenvalue weighted by Crippen LogP contribution is 2.38. The molecule has 0 spiro atoms. The van der Waals surface area contributed by atoms with Gasteiger partial charge in [0.15, 0.2) is 0 Å². The molecular formula is C48H35N3. The summed E-state index contributed by atoms with van der Waals surface area (Å²) in [4.78, 5) is 9.92. The molecule has 0 fully saturated rings. The molecule has 0 bridgehead atoms. The lowest BCUT2D eigenvalue weighted by Crippen LogP contribution is -2.03. The number of hydrogen-bond acceptors (Lipinski definition) is 2. The summed E-state index contributed by atoms with van der Waals surface area (Å²) >= 11 is 0. The van der Waals surface area contributed by atoms with Gasteiger partial charge in [-0.15, -0.1) is 0 Å². The highest BCUT2D eigenvalue weighted by molar-refractivity contribution is 6.20. The van der Waals surface area contributed by atoms with Crippen molar-refractivity contribution in [2.24, 2.45) is 9.98 Å². The van der Waals surface area contributed by atoms with E-state index in [2.05, 4.69) is 180 Å². The van der Waals surface area contributed by atoms with Crippen molar-refractivity contribution < 1.29 is 0 Å². The maximum Gasteiger partial charge on any atom is 0.0751 e. The van der Waals surface area contributed by atoms with E-state index < -0.39 is 0 Å². The molecule has 0 N–H and O–H groups in total. The van der Waals surface area contributed by atoms with Crippen molar-refractivity contribution >= 4 is 39.9 Å². The molecule has 0 amide bonds. The minimum Gasteiger partial charge on any atom is -0.309 e. The van der Waals surface area contributed by atoms with Gasteiger partial charge in [0.05, 0.1) is 29.0 Å². The Morgan fingerprint density at radius 2 is 1.14 bits per heavy atom. The fraction of sp³-hybridized carbons (Fsp3) is 0.0417. The van der Waals surface area contributed by atoms with Gasteiger partial charge in [0, 0.05) is 39.6 Å². The minimum atomic E-state index is 0.597. The van der Waals surface area contributed by atoms with Crippen LogP contribution in [0.4, 0.5) is 0 Å². The minimum absolute atomic E-state index is 0.597. The molecule has 8 aromatic rings. The van der Waals surface area contributed by atoms with E-state index in [1.54, 1.807) is 0 Å². The predicted molar refractivity (Wildman–Crippen MR) is 215 cm³/mol. The Bertz CT molecular complexity index is 2570. The van der Waals surface area contributed by atoms with Crippen LogP contribution >= 0.6 is 0 Å². The van der Waals surface area contributed by atoms with Gasteiger partial charge >= 0.3 is 0 Å². The van der Waals surface area contributed by atoms with Gasteiger partial charge in [0.2, 0.25) is 0 Å². The van der Waals surface area contributed by atoms with Gasteiger partial charge in [-0.1, -0.05) is 146 Å². The smallest absolute Gasteiger partial charge is 0.0751 e. The fourth-order valence-electron chi connectivity index (χ4n) is 7.56. The Labute approximate surface area is 298 Å². The summed E-state index contributed by atoms with van der Waals surface area (Å²) in [5.74, 6) is 0. The highest BCUT2D eigenvalue weighted by Gasteiger charge is 2.27. The van der Waals surface area contributed by atoms with Crippen molar-refractivity contribution in [1.29, 1.82) is 0 Å². The maximum atomic E-state index is 5.25. The number of rotatable bonds is 7. The van der Waals surface area contributed by atoms with Crippen LogP contribution in [-0.2, 0) is 13.0 Å². The largest absolute Gasteiger partial charge is 0.309 e. The maximum absolute atomic E-state index is 5.25. The lowest BCUT2D eigenvalue weighted by molar-refractivity contribution is 1.07. The zero-order valence-electron chi connectivity index (χ0n) is 28.2. The van der Waals surface area contributed by atoms with Gasteiger partial charge in [-0.2, -0.15) is 0 Å². The van der Waals surface area contributed by atoms with Crippen LogP contribution in [0, 0.1) is 0 Å². The number of aliphatic imine (C=N–C) groups is 2. The number of nitrogens with zero attached hydrogens (tertiary/aromatic N) is 3. The van der Waals surface area contributed by atoms with Crippen LogP contribution in [0.25, 0.3) is 55.4 Å². The van der Waals surface area contributed by atoms with Crippen LogP contribution in [0.15, 0.2) is 191 Å². The van der Waals surface area contributed by atoms with Crippen LogP contribution in [0.5, 0.6) is 0 Å². The molecule has 1 heterocycles. The SMILES string of the molecule is C=N/C(=C1/Cc2cc(-c3ccc(-n4c5ccccc5c5ccccc54)cc3)ccc2C1=NCc1ccccc1)c1cccc(-c2ccccc2)c1. The summed E-state index contributed by atoms with van der Waals surface area (Å²) in [6.45, 7) is 4.66. The van der Waals surface area contributed by atoms with Crippen molar-refractivity contribution in [2.75, 3.05) is 0 Å². The van der Waals surface area contributed by atoms with E-state index in [-0.39, 0.29) is 0 Å². The van der Waals surface area contributed by atoms with E-state index in [0.717, 1.165) is 45.8 Å². The molecule has 0 unspecified atom stereocenters. The van der Waals surface area contributed by atoms with E-state index in [0.29, 0.717) is 6.54 Å². The Hall–Kier alpha value is -6.58. The molecular weight excluding hydrogens is 619 g/mol. The fourth-order valence-corrected chi connectivity index (χ4v) is 7.56. The first-order valence-corrected chi connectivity index (χ1v) is 17.4. The lowest BCUT2D eigenvalue weighted by Gasteiger charge is -2.11. The number of hydrogen-bond donors (Lipinski definition) is 0. The molecule has 0 atom stereocenters. The number of para-hydroxylation sites is 2. The number of allylic oxidation sites excluding steroid dienone is 1. The van der Waals surface area contributed by atoms with E-state index in [1.165, 1.54) is 49.6 Å². The molecule has 3 heteroatoms. The Balaban J connectivity index is 1.11. The number of aromatic nitrogens is 1. The Morgan fingerprint density at radius 3 is 1.84 bits per heavy atom. The van der Waals surface area contributed by atoms with Crippen LogP contribution in [-0.4, -0.2) is 17.0 Å². The van der Waals surface area contributed by atoms with Crippen LogP contribution < -0.4 is 0 Å². The van der Waals surface area contributed by atoms with Gasteiger partial charge in [-0.25, -0.2) is 0 Å². The Morgan fingerprint density at radius 1 is 0.549 bits per heavy atom. The van der Waals surface area contributed by atoms with E-state index >= 15 is 0 Å². The van der Waals surface area contributed by atoms with Crippen LogP contribution in [0.2, 0.25) is 0 Å². The molecule has 0 saturated heterocycles. The topological polar surface area (TPSA) is 29.6 Å². The molecule has 242 valence electrons. The molecule has 3 nitrogen and oxygen atoms in total. The third kappa shape index (κ3) is 5.59. The van der Waals surface area contributed by atoms with Gasteiger partial charge in [0.1, 0.15) is 0 Å². The van der Waals surface area contributed by atoms with Gasteiger partial charge in [0.25, 0.3) is 0 Å². The molecule has 0 aliphatic heterocycles. The lowest BCUT2D eigenvalue weighted by atomic mass is 9.98. The number of benzene rings is 7. The van der Waals surface area contributed by atoms with E-state index in [1.807, 2.05) is 12.1 Å². The molecule has 0 saturated carbocycles. The summed E-state index contributed by atoms with van der Waals surface area (Å²) in [7, 11) is 0. The summed E-state index contributed by atoms with van der Waals surface area (Å²) in [5, 5.41) is 2.54. The third-order valence-corrected chi connectivity index (χ3v) is 10.0. The third-order valence-electron chi connectivity index (χ3n) is 10.0. The van der Waals surface area contributed by atoms with Crippen molar-refractivity contribution in [3.05, 3.63) is 204 Å². The second-order valence-corrected chi connectivity index (χ2v) is 13.0. The first-order valence-electron chi connectivity index (χ1n) is 17.4. The standard InChI is InChI=1S/C48H35N3/c1-49-47(38-18-12-17-36(29-38)34-15-6-3-7-16-34)44-31-39-30-37(25-28-41(39)48(44)50-32-33-13-4-2-5-14-33)35-23-26-40(27-24-35)51-45-21-10-8-19-42(45)43-20-9-11-22-46(43)51/h2-30H,1,31-32H2/b47-44-,50-48?. The molecule has 1 aromatic heterocycles. The normalized spacial score (nSPS) is 14.2. The summed E-state index contributed by atoms with van der Waals surface area (Å²) < 4.78 is 2.36. The molecule has 1 aliphatic carbocycles. The Kier molecular flexibility index (Phi) is 7.79. The zero-order chi connectivity index (χ0) is 34.1. The second-order valence-electron chi connectivity index (χ2n) is 13.0. The van der Waals surface area contributed by atoms with Gasteiger partial charge in [-0.3, -0.25) is 9.98 Å². The van der Waals surface area contributed by atoms with Gasteiger partial charge in [-0.05, 0) is 70.4 Å². The monoisotopic (exact) mass is 653 g/mol. The second kappa shape index (κ2) is 13.0. The predicted octanol–water partition coefficient (Wildman–Crippen LogP) is 11.8. The molecule has 9 rings (SSSR count). The molecule has 51 heavy (non-hydrogen) atoms. The highest BCUT2D eigenvalue weighted by atomic mass is 15.0. The summed E-state index contributed by atoms with van der Waals surface area (Å²) in [6, 6.07) is 62.6. The average Bonchev–Trinajstić information content (AvgIpc) is 3.73. The first kappa shape index (κ1) is 30.5. The van der Waals surface area contributed by atoms with Crippen molar-refractivity contribution in [1.82, 2.24) is 4.57 Å². The van der Waals surface area contributed by atoms with E-state index in [4.69, 9.17) is 4.99 Å². The summed E-state index contributed by atoms with van der Waals surface area (Å²) in [6.07, 6.45) is 0.736. The van der Waals surface area contributed by atoms with Crippen molar-refractivity contribution in [3.8, 4) is 27.9 Å². The molecule has 1 aliphatic rings. The quantitative estimate of drug-likeness (QED) is 0.153. The van der Waals surface area contributed by atoms with Crippen molar-refractivity contribution in [3.63, 3.8) is 0 Å². The first-order chi connectivity index (χ1) is 25.2. The average molecular weight is 654 g/mol. The van der Waals surface area contributed by atoms with Crippen LogP contribution in [0.1, 0.15) is 22.3 Å². The zero-order valence-corrected chi connectivity index (χ0v) is 28.2. The van der Waals surface area contributed by atoms with Crippen LogP contribution in [0.3, 0.4) is 0 Å².